The van der Waals surface area contributed by atoms with Crippen LogP contribution in [0.5, 0.6) is 0 Å². The molecule has 0 bridgehead atoms. The molecule has 22 heavy (non-hydrogen) atoms. The van der Waals surface area contributed by atoms with Crippen molar-refractivity contribution in [3.05, 3.63) is 0 Å². The van der Waals surface area contributed by atoms with E-state index in [0.29, 0.717) is 0 Å². The molecule has 0 aliphatic carbocycles. The SMILES string of the molecule is N#CC[CH2][Ba+].N#CC[CH2][Ba+].N#CC[CH2][Ba+].O.O.O=P([O-])([O-])[O-]. The molecule has 0 aromatic heterocycles. The second-order valence-corrected chi connectivity index (χ2v) is 10.3. The molecular formula is C9H16Ba3N3O6P. The molecule has 13 heteroatoms. The van der Waals surface area contributed by atoms with E-state index in [4.69, 9.17) is 35.0 Å². The van der Waals surface area contributed by atoms with Gasteiger partial charge in [0.1, 0.15) is 0 Å². The normalized spacial score (nSPS) is 7.18. The standard InChI is InChI=1S/3C3H4N.3Ba.H3O4P.2H2O/c3*1-2-3-4;;;;1-5(2,3)4;;/h3*1-2H2;;;;(H3,1,2,3,4);2*1H2/q;;;3*+1;;;/p-3. The van der Waals surface area contributed by atoms with Gasteiger partial charge in [0.25, 0.3) is 0 Å². The minimum Gasteiger partial charge on any atom is -0.822 e. The third kappa shape index (κ3) is 135. The van der Waals surface area contributed by atoms with E-state index in [-0.39, 0.29) is 11.0 Å². The molecule has 114 valence electrons. The Balaban J connectivity index is -0.0000000376. The van der Waals surface area contributed by atoms with Crippen molar-refractivity contribution in [2.45, 2.75) is 21.9 Å². The molecule has 0 unspecified atom stereocenters. The maximum atomic E-state index is 8.55. The van der Waals surface area contributed by atoms with Crippen LogP contribution in [0.3, 0.4) is 0 Å². The van der Waals surface area contributed by atoms with Crippen molar-refractivity contribution in [2.75, 3.05) is 0 Å². The van der Waals surface area contributed by atoms with E-state index in [0.717, 1.165) is 159 Å². The number of nitriles is 3. The van der Waals surface area contributed by atoms with E-state index in [2.05, 4.69) is 18.2 Å². The van der Waals surface area contributed by atoms with Crippen molar-refractivity contribution < 1.29 is 30.2 Å². The summed E-state index contributed by atoms with van der Waals surface area (Å²) >= 11 is 2.55. The minimum atomic E-state index is -5.39. The van der Waals surface area contributed by atoms with E-state index >= 15 is 0 Å². The molecule has 0 heterocycles. The Bertz CT molecular complexity index is 304. The topological polar surface area (TPSA) is 221 Å². The van der Waals surface area contributed by atoms with Gasteiger partial charge in [0, 0.05) is 0 Å². The third-order valence-electron chi connectivity index (χ3n) is 0.866. The van der Waals surface area contributed by atoms with E-state index in [9.17, 15) is 0 Å². The van der Waals surface area contributed by atoms with Crippen LogP contribution < -0.4 is 14.7 Å². The number of nitrogens with zero attached hydrogens (tertiary/aromatic N) is 3. The van der Waals surface area contributed by atoms with Crippen molar-refractivity contribution in [2.24, 2.45) is 0 Å². The molecule has 0 aromatic rings. The fourth-order valence-electron chi connectivity index (χ4n) is 0.237. The summed E-state index contributed by atoms with van der Waals surface area (Å²) in [5.41, 5.74) is 0. The van der Waals surface area contributed by atoms with Gasteiger partial charge >= 0.3 is 196 Å². The maximum Gasteiger partial charge on any atom is -0.159 e. The Morgan fingerprint density at radius 1 is 0.727 bits per heavy atom. The van der Waals surface area contributed by atoms with Crippen LogP contribution in [0, 0.1) is 34.0 Å². The van der Waals surface area contributed by atoms with Crippen molar-refractivity contribution in [1.29, 1.82) is 15.8 Å². The summed E-state index contributed by atoms with van der Waals surface area (Å²) < 4.78 is 12.1. The first-order chi connectivity index (χ1) is 9.24. The summed E-state index contributed by atoms with van der Waals surface area (Å²) in [6, 6.07) is 6.20. The van der Waals surface area contributed by atoms with Crippen LogP contribution in [-0.4, -0.2) is 151 Å². The summed E-state index contributed by atoms with van der Waals surface area (Å²) in [6.45, 7) is 0. The van der Waals surface area contributed by atoms with Gasteiger partial charge in [-0.05, 0) is 0 Å². The molecule has 0 aliphatic rings. The molecule has 0 amide bonds. The molecule has 9 nitrogen and oxygen atoms in total. The van der Waals surface area contributed by atoms with Crippen molar-refractivity contribution in [1.82, 2.24) is 0 Å². The zero-order valence-electron chi connectivity index (χ0n) is 12.3. The van der Waals surface area contributed by atoms with E-state index < -0.39 is 7.82 Å². The zero-order valence-corrected chi connectivity index (χ0v) is 26.5. The molecule has 0 fully saturated rings. The summed E-state index contributed by atoms with van der Waals surface area (Å²) in [4.78, 5) is 25.6. The number of rotatable bonds is 3. The Hall–Kier alpha value is 3.21. The molecule has 4 N–H and O–H groups in total. The van der Waals surface area contributed by atoms with Gasteiger partial charge in [-0.3, -0.25) is 0 Å². The van der Waals surface area contributed by atoms with Crippen LogP contribution in [0.25, 0.3) is 0 Å². The van der Waals surface area contributed by atoms with E-state index in [1.807, 2.05) is 0 Å². The van der Waals surface area contributed by atoms with Gasteiger partial charge in [-0.15, -0.1) is 0 Å². The first kappa shape index (κ1) is 40.0. The van der Waals surface area contributed by atoms with Crippen LogP contribution in [0.15, 0.2) is 0 Å². The van der Waals surface area contributed by atoms with Gasteiger partial charge in [-0.25, -0.2) is 0 Å². The third-order valence-corrected chi connectivity index (χ3v) is 4.20. The van der Waals surface area contributed by atoms with Crippen molar-refractivity contribution >= 4 is 147 Å². The summed E-state index contributed by atoms with van der Waals surface area (Å²) in [5.74, 6) is 0. The van der Waals surface area contributed by atoms with Gasteiger partial charge in [0.05, 0.1) is 0 Å². The summed E-state index contributed by atoms with van der Waals surface area (Å²) in [7, 11) is -5.39. The second-order valence-electron chi connectivity index (χ2n) is 2.73. The average molecular weight is 705 g/mol. The van der Waals surface area contributed by atoms with Crippen LogP contribution in [0.4, 0.5) is 0 Å². The number of hydrogen-bond acceptors (Lipinski definition) is 7. The fourth-order valence-corrected chi connectivity index (χ4v) is 1.73. The predicted molar refractivity (Wildman–Crippen MR) is 77.2 cm³/mol. The zero-order chi connectivity index (χ0) is 16.9. The van der Waals surface area contributed by atoms with Crippen LogP contribution in [-0.2, 0) is 4.57 Å². The Labute approximate surface area is 227 Å². The molecule has 0 spiro atoms. The van der Waals surface area contributed by atoms with Crippen LogP contribution in [0.1, 0.15) is 19.3 Å². The number of phosphoric acid groups is 1. The molecule has 0 atom stereocenters. The quantitative estimate of drug-likeness (QED) is 0.218. The predicted octanol–water partition coefficient (Wildman–Crippen LogP) is -3.01. The molecule has 0 saturated carbocycles. The van der Waals surface area contributed by atoms with Crippen LogP contribution in [0.2, 0.25) is 2.67 Å². The Morgan fingerprint density at radius 2 is 0.864 bits per heavy atom. The maximum absolute atomic E-state index is 8.55. The van der Waals surface area contributed by atoms with Gasteiger partial charge in [-0.1, -0.05) is 0 Å². The summed E-state index contributed by atoms with van der Waals surface area (Å²) in [5, 5.41) is 23.5. The van der Waals surface area contributed by atoms with E-state index in [1.165, 1.54) is 2.67 Å². The minimum absolute atomic E-state index is 0. The largest absolute Gasteiger partial charge is 0.822 e. The fraction of sp³-hybridized carbons (Fsp3) is 0.667. The number of hydrogen-bond donors (Lipinski definition) is 0. The molecule has 0 rings (SSSR count). The van der Waals surface area contributed by atoms with Gasteiger partial charge in [-0.2, -0.15) is 7.82 Å². The summed E-state index contributed by atoms with van der Waals surface area (Å²) in [6.07, 6.45) is 2.34. The Morgan fingerprint density at radius 3 is 0.864 bits per heavy atom. The molecule has 0 saturated heterocycles. The van der Waals surface area contributed by atoms with E-state index in [1.54, 1.807) is 0 Å². The molecular weight excluding hydrogens is 689 g/mol. The molecule has 0 aromatic carbocycles. The average Bonchev–Trinajstić information content (AvgIpc) is 2.31. The molecule has 0 aliphatic heterocycles. The monoisotopic (exact) mass is 707 g/mol. The second kappa shape index (κ2) is 39.3. The smallest absolute Gasteiger partial charge is 0.159 e. The van der Waals surface area contributed by atoms with Gasteiger partial charge < -0.3 is 30.2 Å². The first-order valence-corrected chi connectivity index (χ1v) is 16.3. The van der Waals surface area contributed by atoms with Crippen molar-refractivity contribution in [3.8, 4) is 18.2 Å². The van der Waals surface area contributed by atoms with Gasteiger partial charge in [0.15, 0.2) is 0 Å². The van der Waals surface area contributed by atoms with Crippen molar-refractivity contribution in [3.63, 3.8) is 0 Å². The van der Waals surface area contributed by atoms with Gasteiger partial charge in [0.2, 0.25) is 0 Å². The molecule has 0 radical (unpaired) electrons. The first-order valence-electron chi connectivity index (χ1n) is 5.46. The van der Waals surface area contributed by atoms with Crippen LogP contribution >= 0.6 is 7.82 Å². The Kier molecular flexibility index (Phi) is 71.6.